The number of benzene rings is 3. The predicted molar refractivity (Wildman–Crippen MR) is 124 cm³/mol. The van der Waals surface area contributed by atoms with E-state index in [1.165, 1.54) is 4.57 Å². The van der Waals surface area contributed by atoms with Crippen molar-refractivity contribution < 1.29 is 9.53 Å². The second-order valence-corrected chi connectivity index (χ2v) is 7.69. The summed E-state index contributed by atoms with van der Waals surface area (Å²) in [6, 6.07) is 23.0. The van der Waals surface area contributed by atoms with Gasteiger partial charge < -0.3 is 10.1 Å². The van der Waals surface area contributed by atoms with Crippen molar-refractivity contribution in [2.24, 2.45) is 0 Å². The lowest BCUT2D eigenvalue weighted by Crippen LogP contribution is -2.23. The summed E-state index contributed by atoms with van der Waals surface area (Å²) in [7, 11) is 1.56. The third kappa shape index (κ3) is 4.33. The number of hydrogen-bond donors (Lipinski definition) is 1. The summed E-state index contributed by atoms with van der Waals surface area (Å²) in [6.45, 7) is 0. The average Bonchev–Trinajstić information content (AvgIpc) is 2.83. The van der Waals surface area contributed by atoms with Gasteiger partial charge in [-0.3, -0.25) is 14.2 Å². The third-order valence-corrected chi connectivity index (χ3v) is 5.65. The molecule has 3 aromatic carbocycles. The van der Waals surface area contributed by atoms with Crippen molar-refractivity contribution in [3.8, 4) is 17.5 Å². The van der Waals surface area contributed by atoms with Crippen LogP contribution in [0.4, 0.5) is 5.69 Å². The van der Waals surface area contributed by atoms with Crippen molar-refractivity contribution in [2.45, 2.75) is 5.16 Å². The first kappa shape index (κ1) is 21.2. The molecule has 1 aromatic heterocycles. The van der Waals surface area contributed by atoms with Gasteiger partial charge in [-0.05, 0) is 36.4 Å². The third-order valence-electron chi connectivity index (χ3n) is 4.71. The fourth-order valence-electron chi connectivity index (χ4n) is 3.19. The number of carbonyl (C=O) groups is 1. The Balaban J connectivity index is 1.69. The van der Waals surface area contributed by atoms with Gasteiger partial charge in [0.2, 0.25) is 5.91 Å². The number of thioether (sulfide) groups is 1. The molecule has 0 saturated heterocycles. The first-order valence-electron chi connectivity index (χ1n) is 9.68. The van der Waals surface area contributed by atoms with E-state index in [4.69, 9.17) is 4.74 Å². The molecule has 0 aliphatic heterocycles. The lowest BCUT2D eigenvalue weighted by atomic mass is 10.2. The van der Waals surface area contributed by atoms with E-state index >= 15 is 0 Å². The van der Waals surface area contributed by atoms with E-state index in [0.29, 0.717) is 38.7 Å². The highest BCUT2D eigenvalue weighted by atomic mass is 32.2. The number of methoxy groups -OCH3 is 1. The molecule has 32 heavy (non-hydrogen) atoms. The minimum atomic E-state index is -0.308. The lowest BCUT2D eigenvalue weighted by molar-refractivity contribution is -0.113. The van der Waals surface area contributed by atoms with Crippen LogP contribution in [0, 0.1) is 11.3 Å². The van der Waals surface area contributed by atoms with Crippen LogP contribution in [0.5, 0.6) is 5.75 Å². The number of fused-ring (bicyclic) bond motifs is 1. The van der Waals surface area contributed by atoms with Gasteiger partial charge in [0.05, 0.1) is 40.7 Å². The van der Waals surface area contributed by atoms with Crippen LogP contribution in [0.15, 0.2) is 82.7 Å². The second kappa shape index (κ2) is 9.37. The number of nitriles is 1. The fourth-order valence-corrected chi connectivity index (χ4v) is 4.01. The molecule has 0 atom stereocenters. The highest BCUT2D eigenvalue weighted by Crippen LogP contribution is 2.24. The average molecular weight is 443 g/mol. The van der Waals surface area contributed by atoms with Gasteiger partial charge in [0, 0.05) is 6.07 Å². The molecule has 4 aromatic rings. The highest BCUT2D eigenvalue weighted by Gasteiger charge is 2.16. The van der Waals surface area contributed by atoms with E-state index in [2.05, 4.69) is 16.4 Å². The standard InChI is InChI=1S/C24H18N4O3S/c1-31-18-9-6-8-17(13-18)28-23(30)19-10-3-5-12-21(19)27-24(28)32-15-22(29)26-20-11-4-2-7-16(20)14-25/h2-13H,15H2,1H3,(H,26,29). The lowest BCUT2D eigenvalue weighted by Gasteiger charge is -2.14. The summed E-state index contributed by atoms with van der Waals surface area (Å²) in [6.07, 6.45) is 0. The summed E-state index contributed by atoms with van der Waals surface area (Å²) >= 11 is 1.14. The normalized spacial score (nSPS) is 10.5. The Bertz CT molecular complexity index is 1410. The topological polar surface area (TPSA) is 97.0 Å². The Kier molecular flexibility index (Phi) is 6.19. The molecular formula is C24H18N4O3S. The number of nitrogens with one attached hydrogen (secondary N) is 1. The van der Waals surface area contributed by atoms with Crippen molar-refractivity contribution in [1.29, 1.82) is 5.26 Å². The van der Waals surface area contributed by atoms with Crippen molar-refractivity contribution in [3.63, 3.8) is 0 Å². The van der Waals surface area contributed by atoms with Crippen LogP contribution < -0.4 is 15.6 Å². The maximum Gasteiger partial charge on any atom is 0.266 e. The summed E-state index contributed by atoms with van der Waals surface area (Å²) in [5.41, 5.74) is 1.72. The van der Waals surface area contributed by atoms with Gasteiger partial charge >= 0.3 is 0 Å². The van der Waals surface area contributed by atoms with E-state index in [9.17, 15) is 14.9 Å². The maximum atomic E-state index is 13.3. The summed E-state index contributed by atoms with van der Waals surface area (Å²) in [5.74, 6) is 0.302. The molecule has 0 spiro atoms. The number of anilines is 1. The van der Waals surface area contributed by atoms with E-state index < -0.39 is 0 Å². The Morgan fingerprint density at radius 3 is 2.72 bits per heavy atom. The van der Waals surface area contributed by atoms with Crippen molar-refractivity contribution in [1.82, 2.24) is 9.55 Å². The Morgan fingerprint density at radius 1 is 1.12 bits per heavy atom. The zero-order valence-electron chi connectivity index (χ0n) is 17.1. The number of nitrogens with zero attached hydrogens (tertiary/aromatic N) is 3. The zero-order valence-corrected chi connectivity index (χ0v) is 17.9. The molecule has 0 radical (unpaired) electrons. The van der Waals surface area contributed by atoms with Gasteiger partial charge in [-0.1, -0.05) is 42.1 Å². The van der Waals surface area contributed by atoms with E-state index in [1.54, 1.807) is 73.8 Å². The van der Waals surface area contributed by atoms with Crippen LogP contribution in [-0.4, -0.2) is 28.3 Å². The van der Waals surface area contributed by atoms with Gasteiger partial charge in [-0.2, -0.15) is 5.26 Å². The molecular weight excluding hydrogens is 424 g/mol. The SMILES string of the molecule is COc1cccc(-n2c(SCC(=O)Nc3ccccc3C#N)nc3ccccc3c2=O)c1. The van der Waals surface area contributed by atoms with Gasteiger partial charge in [-0.25, -0.2) is 4.98 Å². The zero-order chi connectivity index (χ0) is 22.5. The largest absolute Gasteiger partial charge is 0.497 e. The minimum absolute atomic E-state index is 0.00844. The molecule has 1 heterocycles. The fraction of sp³-hybridized carbons (Fsp3) is 0.0833. The molecule has 158 valence electrons. The smallest absolute Gasteiger partial charge is 0.266 e. The monoisotopic (exact) mass is 442 g/mol. The van der Waals surface area contributed by atoms with Crippen molar-refractivity contribution >= 4 is 34.3 Å². The number of carbonyl (C=O) groups excluding carboxylic acids is 1. The van der Waals surface area contributed by atoms with Gasteiger partial charge in [0.15, 0.2) is 5.16 Å². The minimum Gasteiger partial charge on any atom is -0.497 e. The Morgan fingerprint density at radius 2 is 1.91 bits per heavy atom. The molecule has 1 N–H and O–H groups in total. The van der Waals surface area contributed by atoms with Crippen molar-refractivity contribution in [2.75, 3.05) is 18.2 Å². The summed E-state index contributed by atoms with van der Waals surface area (Å²) < 4.78 is 6.78. The van der Waals surface area contributed by atoms with Crippen LogP contribution in [0.25, 0.3) is 16.6 Å². The van der Waals surface area contributed by atoms with E-state index in [-0.39, 0.29) is 17.2 Å². The van der Waals surface area contributed by atoms with Gasteiger partial charge in [0.1, 0.15) is 11.8 Å². The Hall–Kier alpha value is -4.09. The van der Waals surface area contributed by atoms with Crippen LogP contribution in [0.1, 0.15) is 5.56 Å². The molecule has 1 amide bonds. The van der Waals surface area contributed by atoms with Crippen LogP contribution in [-0.2, 0) is 4.79 Å². The molecule has 0 bridgehead atoms. The quantitative estimate of drug-likeness (QED) is 0.358. The second-order valence-electron chi connectivity index (χ2n) is 6.75. The molecule has 8 heteroatoms. The molecule has 4 rings (SSSR count). The molecule has 0 unspecified atom stereocenters. The maximum absolute atomic E-state index is 13.3. The summed E-state index contributed by atoms with van der Waals surface area (Å²) in [4.78, 5) is 30.5. The number of aromatic nitrogens is 2. The van der Waals surface area contributed by atoms with Crippen LogP contribution >= 0.6 is 11.8 Å². The van der Waals surface area contributed by atoms with Crippen LogP contribution in [0.2, 0.25) is 0 Å². The van der Waals surface area contributed by atoms with Gasteiger partial charge in [-0.15, -0.1) is 0 Å². The van der Waals surface area contributed by atoms with Crippen LogP contribution in [0.3, 0.4) is 0 Å². The number of para-hydroxylation sites is 2. The molecule has 0 saturated carbocycles. The van der Waals surface area contributed by atoms with E-state index in [0.717, 1.165) is 11.8 Å². The number of rotatable bonds is 6. The Labute approximate surface area is 188 Å². The molecule has 0 aliphatic rings. The number of amides is 1. The first-order chi connectivity index (χ1) is 15.6. The predicted octanol–water partition coefficient (Wildman–Crippen LogP) is 4.00. The summed E-state index contributed by atoms with van der Waals surface area (Å²) in [5, 5.41) is 12.8. The molecule has 0 fully saturated rings. The molecule has 7 nitrogen and oxygen atoms in total. The van der Waals surface area contributed by atoms with Crippen molar-refractivity contribution in [3.05, 3.63) is 88.7 Å². The first-order valence-corrected chi connectivity index (χ1v) is 10.7. The number of hydrogen-bond acceptors (Lipinski definition) is 6. The highest BCUT2D eigenvalue weighted by molar-refractivity contribution is 7.99. The molecule has 0 aliphatic carbocycles. The number of ether oxygens (including phenoxy) is 1. The van der Waals surface area contributed by atoms with E-state index in [1.807, 2.05) is 6.07 Å². The van der Waals surface area contributed by atoms with Gasteiger partial charge in [0.25, 0.3) is 5.56 Å².